The molecule has 2 amide bonds. The summed E-state index contributed by atoms with van der Waals surface area (Å²) in [7, 11) is -0.971. The van der Waals surface area contributed by atoms with Gasteiger partial charge in [0, 0.05) is 25.6 Å². The molecule has 0 aliphatic heterocycles. The molecule has 3 rings (SSSR count). The second-order valence-electron chi connectivity index (χ2n) is 9.82. The molecule has 0 saturated heterocycles. The molecule has 1 unspecified atom stereocenters. The fourth-order valence-corrected chi connectivity index (χ4v) is 5.36. The van der Waals surface area contributed by atoms with Gasteiger partial charge in [0.2, 0.25) is 21.8 Å². The molecule has 1 atom stereocenters. The number of hydrogen-bond donors (Lipinski definition) is 1. The Hall–Kier alpha value is -4.05. The number of hydrogen-bond acceptors (Lipinski definition) is 6. The van der Waals surface area contributed by atoms with Crippen molar-refractivity contribution in [2.45, 2.75) is 39.3 Å². The van der Waals surface area contributed by atoms with E-state index in [9.17, 15) is 18.0 Å². The topological polar surface area (TPSA) is 105 Å². The lowest BCUT2D eigenvalue weighted by molar-refractivity contribution is -0.140. The molecule has 0 bridgehead atoms. The summed E-state index contributed by atoms with van der Waals surface area (Å²) in [6, 6.07) is 20.9. The third-order valence-electron chi connectivity index (χ3n) is 6.59. The van der Waals surface area contributed by atoms with Crippen molar-refractivity contribution in [2.24, 2.45) is 0 Å². The van der Waals surface area contributed by atoms with Crippen molar-refractivity contribution >= 4 is 27.5 Å². The van der Waals surface area contributed by atoms with Gasteiger partial charge in [0.05, 0.1) is 26.2 Å². The second-order valence-corrected chi connectivity index (χ2v) is 11.7. The number of sulfonamides is 1. The van der Waals surface area contributed by atoms with Crippen LogP contribution in [0, 0.1) is 6.92 Å². The third kappa shape index (κ3) is 8.72. The third-order valence-corrected chi connectivity index (χ3v) is 7.73. The molecule has 0 saturated carbocycles. The molecule has 0 aromatic heterocycles. The average molecular weight is 582 g/mol. The largest absolute Gasteiger partial charge is 0.493 e. The molecule has 3 aromatic rings. The maximum absolute atomic E-state index is 14.1. The van der Waals surface area contributed by atoms with Crippen LogP contribution in [0.4, 0.5) is 5.69 Å². The molecule has 0 fully saturated rings. The Morgan fingerprint density at radius 3 is 2.20 bits per heavy atom. The molecule has 0 heterocycles. The maximum Gasteiger partial charge on any atom is 0.244 e. The summed E-state index contributed by atoms with van der Waals surface area (Å²) < 4.78 is 37.6. The van der Waals surface area contributed by atoms with E-state index >= 15 is 0 Å². The van der Waals surface area contributed by atoms with Gasteiger partial charge in [-0.15, -0.1) is 0 Å². The first-order valence-electron chi connectivity index (χ1n) is 13.4. The summed E-state index contributed by atoms with van der Waals surface area (Å²) in [5, 5.41) is 2.93. The van der Waals surface area contributed by atoms with Gasteiger partial charge in [-0.05, 0) is 36.6 Å². The van der Waals surface area contributed by atoms with E-state index in [1.54, 1.807) is 12.1 Å². The SMILES string of the molecule is CCCNC(=O)C(Cc1ccccc1)N(Cc1cccc(C)c1)C(=O)CN(c1ccc(OC)c(OC)c1)S(C)(=O)=O. The number of benzene rings is 3. The van der Waals surface area contributed by atoms with Crippen LogP contribution in [-0.4, -0.2) is 64.7 Å². The minimum absolute atomic E-state index is 0.126. The Morgan fingerprint density at radius 2 is 1.59 bits per heavy atom. The Morgan fingerprint density at radius 1 is 0.902 bits per heavy atom. The summed E-state index contributed by atoms with van der Waals surface area (Å²) >= 11 is 0. The number of nitrogens with one attached hydrogen (secondary N) is 1. The van der Waals surface area contributed by atoms with E-state index in [-0.39, 0.29) is 24.6 Å². The number of ether oxygens (including phenoxy) is 2. The van der Waals surface area contributed by atoms with Gasteiger partial charge >= 0.3 is 0 Å². The van der Waals surface area contributed by atoms with Crippen LogP contribution in [-0.2, 0) is 32.6 Å². The smallest absolute Gasteiger partial charge is 0.244 e. The normalized spacial score (nSPS) is 11.8. The molecule has 0 aliphatic carbocycles. The van der Waals surface area contributed by atoms with E-state index in [1.807, 2.05) is 68.4 Å². The molecule has 0 aliphatic rings. The van der Waals surface area contributed by atoms with Crippen LogP contribution in [0.2, 0.25) is 0 Å². The molecule has 9 nitrogen and oxygen atoms in total. The molecule has 1 N–H and O–H groups in total. The summed E-state index contributed by atoms with van der Waals surface area (Å²) in [5.41, 5.74) is 2.96. The Balaban J connectivity index is 2.06. The highest BCUT2D eigenvalue weighted by molar-refractivity contribution is 7.92. The van der Waals surface area contributed by atoms with Gasteiger partial charge in [0.1, 0.15) is 12.6 Å². The molecule has 0 spiro atoms. The van der Waals surface area contributed by atoms with Gasteiger partial charge < -0.3 is 19.7 Å². The Labute approximate surface area is 243 Å². The van der Waals surface area contributed by atoms with Crippen LogP contribution in [0.15, 0.2) is 72.8 Å². The van der Waals surface area contributed by atoms with Crippen LogP contribution in [0.25, 0.3) is 0 Å². The summed E-state index contributed by atoms with van der Waals surface area (Å²) in [6.45, 7) is 3.98. The van der Waals surface area contributed by atoms with Crippen molar-refractivity contribution in [1.29, 1.82) is 0 Å². The van der Waals surface area contributed by atoms with Crippen LogP contribution in [0.3, 0.4) is 0 Å². The van der Waals surface area contributed by atoms with E-state index in [4.69, 9.17) is 9.47 Å². The number of aryl methyl sites for hydroxylation is 1. The molecular weight excluding hydrogens is 542 g/mol. The fraction of sp³-hybridized carbons (Fsp3) is 0.355. The lowest BCUT2D eigenvalue weighted by Crippen LogP contribution is -2.53. The van der Waals surface area contributed by atoms with Crippen molar-refractivity contribution in [3.8, 4) is 11.5 Å². The number of anilines is 1. The predicted molar refractivity (Wildman–Crippen MR) is 161 cm³/mol. The Kier molecular flexibility index (Phi) is 11.2. The molecule has 10 heteroatoms. The lowest BCUT2D eigenvalue weighted by Gasteiger charge is -2.33. The fourth-order valence-electron chi connectivity index (χ4n) is 4.52. The predicted octanol–water partition coefficient (Wildman–Crippen LogP) is 3.94. The quantitative estimate of drug-likeness (QED) is 0.309. The van der Waals surface area contributed by atoms with Crippen molar-refractivity contribution < 1.29 is 27.5 Å². The van der Waals surface area contributed by atoms with E-state index in [1.165, 1.54) is 25.2 Å². The number of amides is 2. The van der Waals surface area contributed by atoms with Crippen molar-refractivity contribution in [3.05, 3.63) is 89.5 Å². The number of carbonyl (C=O) groups is 2. The first-order valence-corrected chi connectivity index (χ1v) is 15.3. The standard InChI is InChI=1S/C31H39N3O6S/c1-6-17-32-31(36)27(19-24-12-8-7-9-13-24)33(21-25-14-10-11-23(2)18-25)30(35)22-34(41(5,37)38)26-15-16-28(39-3)29(20-26)40-4/h7-16,18,20,27H,6,17,19,21-22H2,1-5H3,(H,32,36). The number of carbonyl (C=O) groups excluding carboxylic acids is 2. The van der Waals surface area contributed by atoms with Gasteiger partial charge in [0.25, 0.3) is 0 Å². The Bertz CT molecular complexity index is 1430. The zero-order valence-electron chi connectivity index (χ0n) is 24.3. The highest BCUT2D eigenvalue weighted by Gasteiger charge is 2.33. The maximum atomic E-state index is 14.1. The number of nitrogens with zero attached hydrogens (tertiary/aromatic N) is 2. The van der Waals surface area contributed by atoms with Crippen molar-refractivity contribution in [2.75, 3.05) is 37.9 Å². The second kappa shape index (κ2) is 14.5. The van der Waals surface area contributed by atoms with Gasteiger partial charge in [-0.1, -0.05) is 67.1 Å². The zero-order valence-corrected chi connectivity index (χ0v) is 25.1. The van der Waals surface area contributed by atoms with Gasteiger partial charge in [-0.3, -0.25) is 13.9 Å². The number of methoxy groups -OCH3 is 2. The van der Waals surface area contributed by atoms with Gasteiger partial charge in [-0.25, -0.2) is 8.42 Å². The molecule has 41 heavy (non-hydrogen) atoms. The summed E-state index contributed by atoms with van der Waals surface area (Å²) in [5.74, 6) is -0.0655. The van der Waals surface area contributed by atoms with Crippen LogP contribution in [0.1, 0.15) is 30.0 Å². The van der Waals surface area contributed by atoms with E-state index in [2.05, 4.69) is 5.32 Å². The van der Waals surface area contributed by atoms with E-state index in [0.717, 1.165) is 33.7 Å². The highest BCUT2D eigenvalue weighted by atomic mass is 32.2. The van der Waals surface area contributed by atoms with Gasteiger partial charge in [0.15, 0.2) is 11.5 Å². The van der Waals surface area contributed by atoms with Gasteiger partial charge in [-0.2, -0.15) is 0 Å². The minimum atomic E-state index is -3.90. The molecular formula is C31H39N3O6S. The number of rotatable bonds is 14. The van der Waals surface area contributed by atoms with Crippen molar-refractivity contribution in [3.63, 3.8) is 0 Å². The molecule has 0 radical (unpaired) electrons. The van der Waals surface area contributed by atoms with Crippen molar-refractivity contribution in [1.82, 2.24) is 10.2 Å². The van der Waals surface area contributed by atoms with Crippen LogP contribution in [0.5, 0.6) is 11.5 Å². The van der Waals surface area contributed by atoms with Crippen LogP contribution < -0.4 is 19.1 Å². The summed E-state index contributed by atoms with van der Waals surface area (Å²) in [6.07, 6.45) is 2.04. The summed E-state index contributed by atoms with van der Waals surface area (Å²) in [4.78, 5) is 29.2. The zero-order chi connectivity index (χ0) is 30.0. The molecule has 3 aromatic carbocycles. The minimum Gasteiger partial charge on any atom is -0.493 e. The van der Waals surface area contributed by atoms with Crippen LogP contribution >= 0.6 is 0 Å². The van der Waals surface area contributed by atoms with E-state index in [0.29, 0.717) is 18.0 Å². The first-order chi connectivity index (χ1) is 19.6. The highest BCUT2D eigenvalue weighted by Crippen LogP contribution is 2.32. The average Bonchev–Trinajstić information content (AvgIpc) is 2.95. The molecule has 220 valence electrons. The first kappa shape index (κ1) is 31.5. The van der Waals surface area contributed by atoms with E-state index < -0.39 is 28.5 Å². The lowest BCUT2D eigenvalue weighted by atomic mass is 10.0. The monoisotopic (exact) mass is 581 g/mol.